The van der Waals surface area contributed by atoms with E-state index in [-0.39, 0.29) is 17.8 Å². The van der Waals surface area contributed by atoms with Crippen LogP contribution in [0.4, 0.5) is 0 Å². The summed E-state index contributed by atoms with van der Waals surface area (Å²) in [5.74, 6) is -0.998. The number of carbonyl (C=O) groups is 1. The van der Waals surface area contributed by atoms with Crippen molar-refractivity contribution in [2.75, 3.05) is 25.4 Å². The molecule has 2 aliphatic heterocycles. The second-order valence-corrected chi connectivity index (χ2v) is 8.65. The van der Waals surface area contributed by atoms with E-state index in [1.807, 2.05) is 0 Å². The van der Waals surface area contributed by atoms with E-state index in [9.17, 15) is 18.3 Å². The van der Waals surface area contributed by atoms with Crippen LogP contribution in [-0.4, -0.2) is 55.4 Å². The maximum Gasteiger partial charge on any atom is 0.309 e. The van der Waals surface area contributed by atoms with Gasteiger partial charge in [-0.25, -0.2) is 12.7 Å². The van der Waals surface area contributed by atoms with Gasteiger partial charge in [-0.1, -0.05) is 0 Å². The Morgan fingerprint density at radius 2 is 2.05 bits per heavy atom. The highest BCUT2D eigenvalue weighted by atomic mass is 32.2. The summed E-state index contributed by atoms with van der Waals surface area (Å²) in [4.78, 5) is 11.4. The topological polar surface area (TPSA) is 83.9 Å². The van der Waals surface area contributed by atoms with Crippen LogP contribution in [0.5, 0.6) is 0 Å². The van der Waals surface area contributed by atoms with Gasteiger partial charge in [0.25, 0.3) is 0 Å². The number of rotatable bonds is 5. The smallest absolute Gasteiger partial charge is 0.309 e. The predicted molar refractivity (Wildman–Crippen MR) is 78.5 cm³/mol. The molecule has 0 saturated carbocycles. The SMILES string of the molecule is CC(C)(C(=O)O)C1CCCN(S(=O)(=O)CC2CCCO2)C1. The number of ether oxygens (including phenoxy) is 1. The highest BCUT2D eigenvalue weighted by molar-refractivity contribution is 7.89. The molecule has 122 valence electrons. The van der Waals surface area contributed by atoms with E-state index < -0.39 is 21.4 Å². The van der Waals surface area contributed by atoms with E-state index in [2.05, 4.69) is 0 Å². The molecule has 0 spiro atoms. The van der Waals surface area contributed by atoms with Gasteiger partial charge in [-0.3, -0.25) is 4.79 Å². The van der Waals surface area contributed by atoms with Gasteiger partial charge in [0.15, 0.2) is 0 Å². The Morgan fingerprint density at radius 3 is 2.62 bits per heavy atom. The number of carboxylic acid groups (broad SMARTS) is 1. The molecule has 7 heteroatoms. The molecule has 6 nitrogen and oxygen atoms in total. The zero-order chi connectivity index (χ0) is 15.7. The maximum absolute atomic E-state index is 12.5. The standard InChI is InChI=1S/C14H25NO5S/c1-14(2,13(16)17)11-5-3-7-15(9-11)21(18,19)10-12-6-4-8-20-12/h11-12H,3-10H2,1-2H3,(H,16,17). The van der Waals surface area contributed by atoms with Gasteiger partial charge in [0.2, 0.25) is 10.0 Å². The predicted octanol–water partition coefficient (Wildman–Crippen LogP) is 1.32. The van der Waals surface area contributed by atoms with Gasteiger partial charge in [0, 0.05) is 19.7 Å². The molecule has 2 fully saturated rings. The van der Waals surface area contributed by atoms with Crippen molar-refractivity contribution >= 4 is 16.0 Å². The molecule has 0 aromatic carbocycles. The second kappa shape index (κ2) is 6.22. The van der Waals surface area contributed by atoms with Crippen molar-refractivity contribution < 1.29 is 23.1 Å². The molecule has 1 N–H and O–H groups in total. The Balaban J connectivity index is 2.04. The van der Waals surface area contributed by atoms with Crippen LogP contribution in [0.3, 0.4) is 0 Å². The van der Waals surface area contributed by atoms with Gasteiger partial charge in [-0.2, -0.15) is 0 Å². The molecule has 2 rings (SSSR count). The van der Waals surface area contributed by atoms with Crippen molar-refractivity contribution in [2.45, 2.75) is 45.6 Å². The minimum Gasteiger partial charge on any atom is -0.481 e. The summed E-state index contributed by atoms with van der Waals surface area (Å²) in [5.41, 5.74) is -0.905. The Bertz CT molecular complexity index is 482. The third-order valence-electron chi connectivity index (χ3n) is 4.77. The lowest BCUT2D eigenvalue weighted by Gasteiger charge is -2.38. The number of sulfonamides is 1. The molecule has 0 aromatic heterocycles. The first kappa shape index (κ1) is 16.7. The second-order valence-electron chi connectivity index (χ2n) is 6.64. The summed E-state index contributed by atoms with van der Waals surface area (Å²) < 4.78 is 31.8. The first-order valence-corrected chi connectivity index (χ1v) is 9.17. The number of hydrogen-bond acceptors (Lipinski definition) is 4. The molecule has 2 heterocycles. The average molecular weight is 319 g/mol. The van der Waals surface area contributed by atoms with Crippen molar-refractivity contribution in [3.8, 4) is 0 Å². The van der Waals surface area contributed by atoms with Crippen molar-refractivity contribution in [2.24, 2.45) is 11.3 Å². The Kier molecular flexibility index (Phi) is 4.95. The molecular formula is C14H25NO5S. The first-order valence-electron chi connectivity index (χ1n) is 7.56. The average Bonchev–Trinajstić information content (AvgIpc) is 2.91. The molecule has 0 radical (unpaired) electrons. The molecule has 0 aliphatic carbocycles. The molecule has 0 amide bonds. The van der Waals surface area contributed by atoms with Crippen molar-refractivity contribution in [3.05, 3.63) is 0 Å². The summed E-state index contributed by atoms with van der Waals surface area (Å²) >= 11 is 0. The summed E-state index contributed by atoms with van der Waals surface area (Å²) in [7, 11) is -3.37. The normalized spacial score (nSPS) is 28.7. The molecule has 0 aromatic rings. The van der Waals surface area contributed by atoms with Gasteiger partial charge in [0.05, 0.1) is 17.3 Å². The van der Waals surface area contributed by atoms with E-state index in [1.165, 1.54) is 4.31 Å². The summed E-state index contributed by atoms with van der Waals surface area (Å²) in [6.45, 7) is 4.77. The lowest BCUT2D eigenvalue weighted by Crippen LogP contribution is -2.48. The third kappa shape index (κ3) is 3.76. The van der Waals surface area contributed by atoms with Crippen molar-refractivity contribution in [3.63, 3.8) is 0 Å². The van der Waals surface area contributed by atoms with Crippen LogP contribution in [-0.2, 0) is 19.6 Å². The van der Waals surface area contributed by atoms with Gasteiger partial charge in [0.1, 0.15) is 0 Å². The van der Waals surface area contributed by atoms with Gasteiger partial charge in [-0.05, 0) is 45.4 Å². The Hall–Kier alpha value is -0.660. The van der Waals surface area contributed by atoms with Crippen LogP contribution in [0.2, 0.25) is 0 Å². The fraction of sp³-hybridized carbons (Fsp3) is 0.929. The van der Waals surface area contributed by atoms with Crippen molar-refractivity contribution in [1.29, 1.82) is 0 Å². The summed E-state index contributed by atoms with van der Waals surface area (Å²) in [6.07, 6.45) is 2.96. The van der Waals surface area contributed by atoms with E-state index in [4.69, 9.17) is 4.74 Å². The van der Waals surface area contributed by atoms with Crippen LogP contribution in [0, 0.1) is 11.3 Å². The highest BCUT2D eigenvalue weighted by Crippen LogP contribution is 2.35. The third-order valence-corrected chi connectivity index (χ3v) is 6.68. The number of piperidine rings is 1. The van der Waals surface area contributed by atoms with Gasteiger partial charge < -0.3 is 9.84 Å². The maximum atomic E-state index is 12.5. The fourth-order valence-electron chi connectivity index (χ4n) is 3.07. The number of aliphatic carboxylic acids is 1. The molecule has 2 aliphatic rings. The molecule has 2 atom stereocenters. The molecule has 2 saturated heterocycles. The number of nitrogens with zero attached hydrogens (tertiary/aromatic N) is 1. The zero-order valence-electron chi connectivity index (χ0n) is 12.7. The first-order chi connectivity index (χ1) is 9.73. The summed E-state index contributed by atoms with van der Waals surface area (Å²) in [5, 5.41) is 9.32. The molecular weight excluding hydrogens is 294 g/mol. The van der Waals surface area contributed by atoms with Crippen LogP contribution < -0.4 is 0 Å². The van der Waals surface area contributed by atoms with Crippen LogP contribution in [0.15, 0.2) is 0 Å². The van der Waals surface area contributed by atoms with Gasteiger partial charge >= 0.3 is 5.97 Å². The quantitative estimate of drug-likeness (QED) is 0.826. The van der Waals surface area contributed by atoms with Crippen LogP contribution in [0.1, 0.15) is 39.5 Å². The fourth-order valence-corrected chi connectivity index (χ4v) is 4.83. The monoisotopic (exact) mass is 319 g/mol. The minimum absolute atomic E-state index is 0.0211. The van der Waals surface area contributed by atoms with Crippen LogP contribution in [0.25, 0.3) is 0 Å². The summed E-state index contributed by atoms with van der Waals surface area (Å²) in [6, 6.07) is 0. The molecule has 2 unspecified atom stereocenters. The van der Waals surface area contributed by atoms with E-state index in [1.54, 1.807) is 13.8 Å². The lowest BCUT2D eigenvalue weighted by atomic mass is 9.75. The van der Waals surface area contributed by atoms with Crippen LogP contribution >= 0.6 is 0 Å². The highest BCUT2D eigenvalue weighted by Gasteiger charge is 2.42. The zero-order valence-corrected chi connectivity index (χ0v) is 13.6. The van der Waals surface area contributed by atoms with E-state index in [0.717, 1.165) is 19.3 Å². The number of carboxylic acids is 1. The lowest BCUT2D eigenvalue weighted by molar-refractivity contribution is -0.151. The largest absolute Gasteiger partial charge is 0.481 e. The van der Waals surface area contributed by atoms with E-state index in [0.29, 0.717) is 26.1 Å². The minimum atomic E-state index is -3.37. The van der Waals surface area contributed by atoms with Gasteiger partial charge in [-0.15, -0.1) is 0 Å². The van der Waals surface area contributed by atoms with E-state index >= 15 is 0 Å². The molecule has 0 bridgehead atoms. The Morgan fingerprint density at radius 1 is 1.33 bits per heavy atom. The van der Waals surface area contributed by atoms with Crippen molar-refractivity contribution in [1.82, 2.24) is 4.31 Å². The molecule has 21 heavy (non-hydrogen) atoms. The number of hydrogen-bond donors (Lipinski definition) is 1. The Labute approximate surface area is 126 Å².